The van der Waals surface area contributed by atoms with Crippen LogP contribution in [0.2, 0.25) is 0 Å². The Morgan fingerprint density at radius 1 is 0.545 bits per heavy atom. The Kier molecular flexibility index (Phi) is 8.12. The first kappa shape index (κ1) is 29.8. The van der Waals surface area contributed by atoms with E-state index in [1.54, 1.807) is 43.6 Å². The van der Waals surface area contributed by atoms with Crippen LogP contribution in [-0.2, 0) is 0 Å². The fraction of sp³-hybridized carbons (Fsp3) is 0.333. The van der Waals surface area contributed by atoms with Crippen molar-refractivity contribution >= 4 is 21.6 Å². The van der Waals surface area contributed by atoms with E-state index in [0.717, 1.165) is 54.8 Å². The zero-order valence-electron chi connectivity index (χ0n) is 26.0. The molecule has 4 aromatic heterocycles. The van der Waals surface area contributed by atoms with E-state index < -0.39 is 0 Å². The first-order valence-corrected chi connectivity index (χ1v) is 16.5. The van der Waals surface area contributed by atoms with E-state index in [-0.39, 0.29) is 12.1 Å². The van der Waals surface area contributed by atoms with E-state index in [4.69, 9.17) is 10.2 Å². The summed E-state index contributed by atoms with van der Waals surface area (Å²) in [5.74, 6) is 1.03. The van der Waals surface area contributed by atoms with Crippen LogP contribution in [0.25, 0.3) is 34.2 Å². The van der Waals surface area contributed by atoms with Crippen molar-refractivity contribution in [3.8, 4) is 34.2 Å². The number of hydrogen-bond donors (Lipinski definition) is 0. The summed E-state index contributed by atoms with van der Waals surface area (Å²) in [5, 5.41) is 38.0. The SMILES string of the molecule is Cc1cc(C)cc(-n2ncc(-c3nnn(C(C)C)n3)c2SSc2c(-c3nnn(C(C)C)n3)cnn2-c2cc(C)cc(C)c2)c1. The number of benzene rings is 2. The van der Waals surface area contributed by atoms with Crippen LogP contribution in [0.5, 0.6) is 0 Å². The predicted octanol–water partition coefficient (Wildman–Crippen LogP) is 6.56. The standard InChI is InChI=1S/C30H34N12S2/c1-17(2)41-35-27(33-37-41)25-15-31-39(23-11-19(5)9-20(6)12-23)29(25)43-44-30-26(28-34-38-42(36-28)18(3)4)16-32-40(30)24-13-21(7)10-22(8)14-24/h9-18H,1-8H3. The lowest BCUT2D eigenvalue weighted by atomic mass is 10.1. The van der Waals surface area contributed by atoms with E-state index in [9.17, 15) is 0 Å². The molecular formula is C30H34N12S2. The maximum absolute atomic E-state index is 4.81. The van der Waals surface area contributed by atoms with Gasteiger partial charge in [0.15, 0.2) is 0 Å². The molecule has 0 N–H and O–H groups in total. The van der Waals surface area contributed by atoms with Crippen LogP contribution in [0.3, 0.4) is 0 Å². The first-order chi connectivity index (χ1) is 21.1. The molecule has 226 valence electrons. The first-order valence-electron chi connectivity index (χ1n) is 14.3. The van der Waals surface area contributed by atoms with Gasteiger partial charge >= 0.3 is 0 Å². The molecule has 44 heavy (non-hydrogen) atoms. The molecule has 0 bridgehead atoms. The van der Waals surface area contributed by atoms with Crippen LogP contribution in [0.1, 0.15) is 62.0 Å². The predicted molar refractivity (Wildman–Crippen MR) is 172 cm³/mol. The van der Waals surface area contributed by atoms with Crippen LogP contribution in [0.15, 0.2) is 58.8 Å². The van der Waals surface area contributed by atoms with Crippen LogP contribution in [0.4, 0.5) is 0 Å². The monoisotopic (exact) mass is 626 g/mol. The molecule has 0 saturated heterocycles. The summed E-state index contributed by atoms with van der Waals surface area (Å²) in [7, 11) is 3.11. The highest BCUT2D eigenvalue weighted by atomic mass is 33.1. The molecule has 0 saturated carbocycles. The Balaban J connectivity index is 1.47. The van der Waals surface area contributed by atoms with Gasteiger partial charge in [0.1, 0.15) is 10.1 Å². The molecule has 6 aromatic rings. The van der Waals surface area contributed by atoms with E-state index in [2.05, 4.69) is 94.9 Å². The fourth-order valence-corrected chi connectivity index (χ4v) is 7.35. The lowest BCUT2D eigenvalue weighted by Crippen LogP contribution is -2.04. The molecule has 6 rings (SSSR count). The van der Waals surface area contributed by atoms with Crippen molar-refractivity contribution in [3.05, 3.63) is 71.0 Å². The van der Waals surface area contributed by atoms with Gasteiger partial charge < -0.3 is 0 Å². The highest BCUT2D eigenvalue weighted by Crippen LogP contribution is 2.46. The van der Waals surface area contributed by atoms with Crippen molar-refractivity contribution in [1.82, 2.24) is 60.0 Å². The number of hydrogen-bond acceptors (Lipinski definition) is 10. The third kappa shape index (κ3) is 5.91. The molecule has 0 spiro atoms. The van der Waals surface area contributed by atoms with Crippen molar-refractivity contribution in [3.63, 3.8) is 0 Å². The summed E-state index contributed by atoms with van der Waals surface area (Å²) in [6.07, 6.45) is 3.61. The molecule has 0 aliphatic carbocycles. The summed E-state index contributed by atoms with van der Waals surface area (Å²) in [4.78, 5) is 3.23. The molecule has 0 fully saturated rings. The molecule has 0 unspecified atom stereocenters. The zero-order chi connectivity index (χ0) is 31.1. The third-order valence-electron chi connectivity index (χ3n) is 6.81. The topological polar surface area (TPSA) is 123 Å². The van der Waals surface area contributed by atoms with Crippen LogP contribution in [-0.4, -0.2) is 60.0 Å². The average molecular weight is 627 g/mol. The van der Waals surface area contributed by atoms with Gasteiger partial charge in [-0.25, -0.2) is 9.36 Å². The summed E-state index contributed by atoms with van der Waals surface area (Å²) in [6, 6.07) is 12.9. The molecule has 0 amide bonds. The third-order valence-corrected chi connectivity index (χ3v) is 9.20. The van der Waals surface area contributed by atoms with Crippen molar-refractivity contribution in [2.75, 3.05) is 0 Å². The fourth-order valence-electron chi connectivity index (χ4n) is 4.84. The van der Waals surface area contributed by atoms with Gasteiger partial charge in [-0.2, -0.15) is 19.8 Å². The minimum Gasteiger partial charge on any atom is -0.226 e. The van der Waals surface area contributed by atoms with Gasteiger partial charge in [0.05, 0.1) is 47.0 Å². The second kappa shape index (κ2) is 12.0. The molecule has 0 atom stereocenters. The highest BCUT2D eigenvalue weighted by Gasteiger charge is 2.24. The maximum atomic E-state index is 4.81. The normalized spacial score (nSPS) is 11.8. The van der Waals surface area contributed by atoms with Crippen LogP contribution >= 0.6 is 21.6 Å². The van der Waals surface area contributed by atoms with Gasteiger partial charge in [-0.05, 0) is 134 Å². The molecule has 0 aliphatic rings. The summed E-state index contributed by atoms with van der Waals surface area (Å²) in [5.41, 5.74) is 8.10. The Bertz CT molecular complexity index is 1760. The maximum Gasteiger partial charge on any atom is 0.209 e. The van der Waals surface area contributed by atoms with E-state index in [1.165, 1.54) is 0 Å². The molecular weight excluding hydrogens is 593 g/mol. The average Bonchev–Trinajstić information content (AvgIpc) is 3.75. The number of aromatic nitrogens is 12. The van der Waals surface area contributed by atoms with Gasteiger partial charge in [0.25, 0.3) is 0 Å². The molecule has 2 aromatic carbocycles. The lowest BCUT2D eigenvalue weighted by molar-refractivity contribution is 0.455. The van der Waals surface area contributed by atoms with E-state index in [1.807, 2.05) is 37.1 Å². The number of nitrogens with zero attached hydrogens (tertiary/aromatic N) is 12. The summed E-state index contributed by atoms with van der Waals surface area (Å²) >= 11 is 0. The van der Waals surface area contributed by atoms with Crippen LogP contribution in [0, 0.1) is 27.7 Å². The Morgan fingerprint density at radius 3 is 1.23 bits per heavy atom. The molecule has 14 heteroatoms. The molecule has 0 radical (unpaired) electrons. The lowest BCUT2D eigenvalue weighted by Gasteiger charge is -2.12. The van der Waals surface area contributed by atoms with Gasteiger partial charge in [-0.1, -0.05) is 12.1 Å². The second-order valence-electron chi connectivity index (χ2n) is 11.5. The van der Waals surface area contributed by atoms with E-state index in [0.29, 0.717) is 11.6 Å². The van der Waals surface area contributed by atoms with E-state index >= 15 is 0 Å². The largest absolute Gasteiger partial charge is 0.226 e. The Labute approximate surface area is 263 Å². The summed E-state index contributed by atoms with van der Waals surface area (Å²) in [6.45, 7) is 16.4. The van der Waals surface area contributed by atoms with Crippen LogP contribution < -0.4 is 0 Å². The van der Waals surface area contributed by atoms with Gasteiger partial charge in [-0.15, -0.1) is 20.4 Å². The number of aryl methyl sites for hydroxylation is 4. The molecule has 4 heterocycles. The number of tetrazole rings is 2. The van der Waals surface area contributed by atoms with Gasteiger partial charge in [0, 0.05) is 0 Å². The minimum absolute atomic E-state index is 0.0812. The van der Waals surface area contributed by atoms with Crippen molar-refractivity contribution < 1.29 is 0 Å². The zero-order valence-corrected chi connectivity index (χ0v) is 27.6. The van der Waals surface area contributed by atoms with Gasteiger partial charge in [0.2, 0.25) is 11.6 Å². The van der Waals surface area contributed by atoms with Crippen molar-refractivity contribution in [1.29, 1.82) is 0 Å². The minimum atomic E-state index is 0.0812. The second-order valence-corrected chi connectivity index (χ2v) is 13.6. The summed E-state index contributed by atoms with van der Waals surface area (Å²) < 4.78 is 3.88. The van der Waals surface area contributed by atoms with Crippen molar-refractivity contribution in [2.45, 2.75) is 77.5 Å². The smallest absolute Gasteiger partial charge is 0.209 e. The quantitative estimate of drug-likeness (QED) is 0.163. The molecule has 0 aliphatic heterocycles. The highest BCUT2D eigenvalue weighted by molar-refractivity contribution is 8.76. The number of rotatable bonds is 9. The van der Waals surface area contributed by atoms with Gasteiger partial charge in [-0.3, -0.25) is 0 Å². The Morgan fingerprint density at radius 2 is 0.909 bits per heavy atom. The van der Waals surface area contributed by atoms with Crippen molar-refractivity contribution in [2.24, 2.45) is 0 Å². The Hall–Kier alpha value is -4.30. The molecule has 12 nitrogen and oxygen atoms in total.